The average Bonchev–Trinajstić information content (AvgIpc) is 2.89. The fourth-order valence-corrected chi connectivity index (χ4v) is 3.13. The number of hydrazone groups is 1. The molecule has 0 unspecified atom stereocenters. The van der Waals surface area contributed by atoms with Gasteiger partial charge in [-0.15, -0.1) is 11.3 Å². The number of anilines is 1. The van der Waals surface area contributed by atoms with E-state index in [9.17, 15) is 4.79 Å². The molecule has 0 fully saturated rings. The molecule has 1 aromatic heterocycles. The summed E-state index contributed by atoms with van der Waals surface area (Å²) in [6, 6.07) is 5.71. The number of esters is 1. The number of ether oxygens (including phenoxy) is 1. The molecule has 0 aliphatic rings. The van der Waals surface area contributed by atoms with E-state index in [1.54, 1.807) is 18.5 Å². The second-order valence-corrected chi connectivity index (χ2v) is 6.67. The van der Waals surface area contributed by atoms with Crippen molar-refractivity contribution in [2.75, 3.05) is 12.0 Å². The van der Waals surface area contributed by atoms with Gasteiger partial charge in [0.25, 0.3) is 0 Å². The molecule has 1 aromatic carbocycles. The van der Waals surface area contributed by atoms with Gasteiger partial charge < -0.3 is 4.74 Å². The molecule has 0 radical (unpaired) electrons. The third-order valence-corrected chi connectivity index (χ3v) is 4.30. The highest BCUT2D eigenvalue weighted by Crippen LogP contribution is 2.18. The van der Waals surface area contributed by atoms with Gasteiger partial charge in [-0.25, -0.2) is 4.98 Å². The summed E-state index contributed by atoms with van der Waals surface area (Å²) < 4.78 is 5.94. The standard InChI is InChI=1S/C14H13ClIN3O2S/c1-2-21-13(20)6-11-8-22-14(18-11)19-17-7-9-3-4-10(16)5-12(9)15/h3-5,7-8H,2,6H2,1H3,(H,18,19). The van der Waals surface area contributed by atoms with Crippen LogP contribution < -0.4 is 5.43 Å². The minimum Gasteiger partial charge on any atom is -0.466 e. The molecular formula is C14H13ClIN3O2S. The molecule has 0 saturated carbocycles. The van der Waals surface area contributed by atoms with Crippen LogP contribution in [0.2, 0.25) is 5.02 Å². The van der Waals surface area contributed by atoms with Crippen molar-refractivity contribution < 1.29 is 9.53 Å². The minimum absolute atomic E-state index is 0.165. The summed E-state index contributed by atoms with van der Waals surface area (Å²) in [5.41, 5.74) is 4.30. The van der Waals surface area contributed by atoms with E-state index in [2.05, 4.69) is 38.1 Å². The monoisotopic (exact) mass is 449 g/mol. The molecule has 5 nitrogen and oxygen atoms in total. The number of carbonyl (C=O) groups excluding carboxylic acids is 1. The zero-order chi connectivity index (χ0) is 15.9. The largest absolute Gasteiger partial charge is 0.466 e. The number of halogens is 2. The van der Waals surface area contributed by atoms with E-state index in [4.69, 9.17) is 16.3 Å². The SMILES string of the molecule is CCOC(=O)Cc1csc(NN=Cc2ccc(I)cc2Cl)n1. The van der Waals surface area contributed by atoms with Gasteiger partial charge in [-0.3, -0.25) is 10.2 Å². The lowest BCUT2D eigenvalue weighted by atomic mass is 10.2. The first kappa shape index (κ1) is 17.2. The molecule has 116 valence electrons. The molecule has 8 heteroatoms. The van der Waals surface area contributed by atoms with Crippen molar-refractivity contribution in [1.29, 1.82) is 0 Å². The van der Waals surface area contributed by atoms with Crippen LogP contribution in [0, 0.1) is 3.57 Å². The van der Waals surface area contributed by atoms with E-state index in [0.29, 0.717) is 22.5 Å². The summed E-state index contributed by atoms with van der Waals surface area (Å²) in [4.78, 5) is 15.6. The van der Waals surface area contributed by atoms with Crippen molar-refractivity contribution in [3.05, 3.63) is 43.4 Å². The Hall–Kier alpha value is -1.19. The van der Waals surface area contributed by atoms with Gasteiger partial charge >= 0.3 is 5.97 Å². The van der Waals surface area contributed by atoms with Crippen LogP contribution in [0.15, 0.2) is 28.7 Å². The first-order valence-electron chi connectivity index (χ1n) is 6.42. The van der Waals surface area contributed by atoms with Crippen LogP contribution in [-0.4, -0.2) is 23.8 Å². The Labute approximate surface area is 150 Å². The van der Waals surface area contributed by atoms with Crippen LogP contribution in [0.5, 0.6) is 0 Å². The number of thiazole rings is 1. The maximum absolute atomic E-state index is 11.4. The number of hydrogen-bond acceptors (Lipinski definition) is 6. The van der Waals surface area contributed by atoms with Crippen LogP contribution in [0.25, 0.3) is 0 Å². The highest BCUT2D eigenvalue weighted by atomic mass is 127. The fraction of sp³-hybridized carbons (Fsp3) is 0.214. The molecule has 2 aromatic rings. The molecule has 0 spiro atoms. The number of rotatable bonds is 6. The Bertz CT molecular complexity index is 690. The molecule has 0 saturated heterocycles. The lowest BCUT2D eigenvalue weighted by Gasteiger charge is -1.99. The second kappa shape index (κ2) is 8.44. The Balaban J connectivity index is 1.93. The van der Waals surface area contributed by atoms with E-state index >= 15 is 0 Å². The van der Waals surface area contributed by atoms with Gasteiger partial charge in [0.2, 0.25) is 5.13 Å². The number of hydrogen-bond donors (Lipinski definition) is 1. The molecule has 0 bridgehead atoms. The quantitative estimate of drug-likeness (QED) is 0.314. The van der Waals surface area contributed by atoms with Crippen molar-refractivity contribution >= 4 is 62.8 Å². The Morgan fingerprint density at radius 2 is 2.41 bits per heavy atom. The fourth-order valence-electron chi connectivity index (χ4n) is 1.56. The van der Waals surface area contributed by atoms with Crippen molar-refractivity contribution in [2.45, 2.75) is 13.3 Å². The summed E-state index contributed by atoms with van der Waals surface area (Å²) >= 11 is 9.68. The van der Waals surface area contributed by atoms with Gasteiger partial charge in [-0.05, 0) is 41.6 Å². The molecule has 2 rings (SSSR count). The Kier molecular flexibility index (Phi) is 6.59. The summed E-state index contributed by atoms with van der Waals surface area (Å²) in [6.07, 6.45) is 1.80. The maximum atomic E-state index is 11.4. The smallest absolute Gasteiger partial charge is 0.311 e. The molecule has 1 N–H and O–H groups in total. The summed E-state index contributed by atoms with van der Waals surface area (Å²) in [5.74, 6) is -0.284. The lowest BCUT2D eigenvalue weighted by molar-refractivity contribution is -0.142. The molecule has 22 heavy (non-hydrogen) atoms. The van der Waals surface area contributed by atoms with E-state index in [1.807, 2.05) is 18.2 Å². The predicted octanol–water partition coefficient (Wildman–Crippen LogP) is 3.95. The number of aromatic nitrogens is 1. The number of nitrogens with one attached hydrogen (secondary N) is 1. The summed E-state index contributed by atoms with van der Waals surface area (Å²) in [6.45, 7) is 2.14. The van der Waals surface area contributed by atoms with Crippen LogP contribution in [0.1, 0.15) is 18.2 Å². The van der Waals surface area contributed by atoms with Crippen LogP contribution in [0.3, 0.4) is 0 Å². The molecule has 1 heterocycles. The first-order chi connectivity index (χ1) is 10.6. The first-order valence-corrected chi connectivity index (χ1v) is 8.76. The lowest BCUT2D eigenvalue weighted by Crippen LogP contribution is -2.07. The van der Waals surface area contributed by atoms with E-state index in [1.165, 1.54) is 11.3 Å². The Morgan fingerprint density at radius 1 is 1.59 bits per heavy atom. The summed E-state index contributed by atoms with van der Waals surface area (Å²) in [7, 11) is 0. The van der Waals surface area contributed by atoms with Gasteiger partial charge in [0.05, 0.1) is 30.0 Å². The molecule has 0 amide bonds. The predicted molar refractivity (Wildman–Crippen MR) is 97.8 cm³/mol. The number of nitrogens with zero attached hydrogens (tertiary/aromatic N) is 2. The van der Waals surface area contributed by atoms with Crippen LogP contribution in [-0.2, 0) is 16.0 Å². The number of benzene rings is 1. The van der Waals surface area contributed by atoms with Crippen molar-refractivity contribution in [2.24, 2.45) is 5.10 Å². The van der Waals surface area contributed by atoms with E-state index < -0.39 is 0 Å². The number of carbonyl (C=O) groups is 1. The maximum Gasteiger partial charge on any atom is 0.311 e. The highest BCUT2D eigenvalue weighted by Gasteiger charge is 2.07. The second-order valence-electron chi connectivity index (χ2n) is 4.16. The van der Waals surface area contributed by atoms with Crippen molar-refractivity contribution in [3.8, 4) is 0 Å². The van der Waals surface area contributed by atoms with Crippen molar-refractivity contribution in [3.63, 3.8) is 0 Å². The molecule has 0 atom stereocenters. The zero-order valence-corrected chi connectivity index (χ0v) is 15.4. The van der Waals surface area contributed by atoms with Gasteiger partial charge in [-0.1, -0.05) is 17.7 Å². The van der Waals surface area contributed by atoms with Crippen molar-refractivity contribution in [1.82, 2.24) is 4.98 Å². The molecular weight excluding hydrogens is 437 g/mol. The Morgan fingerprint density at radius 3 is 3.14 bits per heavy atom. The van der Waals surface area contributed by atoms with Crippen LogP contribution >= 0.6 is 45.5 Å². The van der Waals surface area contributed by atoms with Gasteiger partial charge in [0, 0.05) is 14.5 Å². The van der Waals surface area contributed by atoms with E-state index in [-0.39, 0.29) is 12.4 Å². The van der Waals surface area contributed by atoms with Crippen LogP contribution in [0.4, 0.5) is 5.13 Å². The molecule has 0 aliphatic carbocycles. The third kappa shape index (κ3) is 5.22. The highest BCUT2D eigenvalue weighted by molar-refractivity contribution is 14.1. The average molecular weight is 450 g/mol. The minimum atomic E-state index is -0.284. The van der Waals surface area contributed by atoms with Gasteiger partial charge in [-0.2, -0.15) is 5.10 Å². The van der Waals surface area contributed by atoms with Gasteiger partial charge in [0.15, 0.2) is 0 Å². The summed E-state index contributed by atoms with van der Waals surface area (Å²) in [5, 5.41) is 7.15. The third-order valence-electron chi connectivity index (χ3n) is 2.51. The topological polar surface area (TPSA) is 63.6 Å². The zero-order valence-electron chi connectivity index (χ0n) is 11.7. The molecule has 0 aliphatic heterocycles. The normalized spacial score (nSPS) is 10.9. The van der Waals surface area contributed by atoms with Gasteiger partial charge in [0.1, 0.15) is 0 Å². The van der Waals surface area contributed by atoms with E-state index in [0.717, 1.165) is 9.13 Å².